The molecular formula is C16H17BrN2O2S. The summed E-state index contributed by atoms with van der Waals surface area (Å²) in [6.07, 6.45) is 1.68. The molecule has 22 heavy (non-hydrogen) atoms. The first-order valence-electron chi connectivity index (χ1n) is 6.94. The molecule has 0 saturated heterocycles. The number of hydrogen-bond donors (Lipinski definition) is 1. The van der Waals surface area contributed by atoms with E-state index in [1.54, 1.807) is 23.2 Å². The molecular weight excluding hydrogens is 364 g/mol. The van der Waals surface area contributed by atoms with Gasteiger partial charge in [-0.2, -0.15) is 0 Å². The van der Waals surface area contributed by atoms with Crippen LogP contribution in [-0.2, 0) is 0 Å². The second-order valence-corrected chi connectivity index (χ2v) is 6.50. The number of aliphatic hydroxyl groups is 1. The van der Waals surface area contributed by atoms with Crippen molar-refractivity contribution >= 4 is 33.6 Å². The molecule has 1 heterocycles. The maximum absolute atomic E-state index is 12.6. The van der Waals surface area contributed by atoms with E-state index >= 15 is 0 Å². The SMILES string of the molecule is CCN(CCO)C(=O)c1cccnc1Sc1ccc(Br)cc1. The zero-order chi connectivity index (χ0) is 15.9. The summed E-state index contributed by atoms with van der Waals surface area (Å²) in [7, 11) is 0. The van der Waals surface area contributed by atoms with Crippen molar-refractivity contribution in [3.63, 3.8) is 0 Å². The third kappa shape index (κ3) is 4.32. The lowest BCUT2D eigenvalue weighted by Crippen LogP contribution is -2.33. The normalized spacial score (nSPS) is 10.5. The number of benzene rings is 1. The maximum atomic E-state index is 12.6. The van der Waals surface area contributed by atoms with Gasteiger partial charge >= 0.3 is 0 Å². The number of likely N-dealkylation sites (N-methyl/N-ethyl adjacent to an activating group) is 1. The van der Waals surface area contributed by atoms with Gasteiger partial charge in [0.15, 0.2) is 0 Å². The molecule has 0 unspecified atom stereocenters. The molecule has 6 heteroatoms. The summed E-state index contributed by atoms with van der Waals surface area (Å²) in [6.45, 7) is 2.73. The molecule has 2 rings (SSSR count). The average molecular weight is 381 g/mol. The van der Waals surface area contributed by atoms with Gasteiger partial charge in [0.25, 0.3) is 5.91 Å². The van der Waals surface area contributed by atoms with Gasteiger partial charge in [-0.1, -0.05) is 27.7 Å². The highest BCUT2D eigenvalue weighted by Crippen LogP contribution is 2.30. The van der Waals surface area contributed by atoms with Crippen LogP contribution in [0, 0.1) is 0 Å². The number of nitrogens with zero attached hydrogens (tertiary/aromatic N) is 2. The summed E-state index contributed by atoms with van der Waals surface area (Å²) < 4.78 is 1.01. The molecule has 1 N–H and O–H groups in total. The Morgan fingerprint density at radius 2 is 2.05 bits per heavy atom. The fourth-order valence-corrected chi connectivity index (χ4v) is 3.08. The van der Waals surface area contributed by atoms with E-state index in [-0.39, 0.29) is 12.5 Å². The maximum Gasteiger partial charge on any atom is 0.256 e. The number of rotatable bonds is 6. The van der Waals surface area contributed by atoms with Gasteiger partial charge in [0.2, 0.25) is 0 Å². The minimum atomic E-state index is -0.107. The molecule has 4 nitrogen and oxygen atoms in total. The fourth-order valence-electron chi connectivity index (χ4n) is 1.94. The van der Waals surface area contributed by atoms with Gasteiger partial charge in [0.1, 0.15) is 5.03 Å². The summed E-state index contributed by atoms with van der Waals surface area (Å²) in [5.74, 6) is -0.107. The van der Waals surface area contributed by atoms with Crippen molar-refractivity contribution in [3.05, 3.63) is 52.6 Å². The summed E-state index contributed by atoms with van der Waals surface area (Å²) in [5, 5.41) is 9.75. The van der Waals surface area contributed by atoms with E-state index in [2.05, 4.69) is 20.9 Å². The van der Waals surface area contributed by atoms with Crippen LogP contribution in [0.4, 0.5) is 0 Å². The van der Waals surface area contributed by atoms with Gasteiger partial charge in [-0.25, -0.2) is 4.98 Å². The van der Waals surface area contributed by atoms with Crippen LogP contribution in [0.5, 0.6) is 0 Å². The summed E-state index contributed by atoms with van der Waals surface area (Å²) in [5.41, 5.74) is 0.561. The van der Waals surface area contributed by atoms with Gasteiger partial charge in [0.05, 0.1) is 12.2 Å². The molecule has 0 atom stereocenters. The lowest BCUT2D eigenvalue weighted by Gasteiger charge is -2.20. The van der Waals surface area contributed by atoms with E-state index in [0.717, 1.165) is 9.37 Å². The quantitative estimate of drug-likeness (QED) is 0.833. The standard InChI is InChI=1S/C16H17BrN2O2S/c1-2-19(10-11-20)16(21)14-4-3-9-18-15(14)22-13-7-5-12(17)6-8-13/h3-9,20H,2,10-11H2,1H3. The number of pyridine rings is 1. The Hall–Kier alpha value is -1.37. The summed E-state index contributed by atoms with van der Waals surface area (Å²) >= 11 is 4.86. The zero-order valence-corrected chi connectivity index (χ0v) is 14.6. The molecule has 0 aliphatic rings. The van der Waals surface area contributed by atoms with Crippen LogP contribution < -0.4 is 0 Å². The van der Waals surface area contributed by atoms with Crippen molar-refractivity contribution in [1.82, 2.24) is 9.88 Å². The monoisotopic (exact) mass is 380 g/mol. The topological polar surface area (TPSA) is 53.4 Å². The molecule has 0 spiro atoms. The van der Waals surface area contributed by atoms with Crippen LogP contribution in [0.15, 0.2) is 57.0 Å². The highest BCUT2D eigenvalue weighted by molar-refractivity contribution is 9.10. The molecule has 0 saturated carbocycles. The molecule has 1 amide bonds. The predicted octanol–water partition coefficient (Wildman–Crippen LogP) is 3.45. The Morgan fingerprint density at radius 1 is 1.32 bits per heavy atom. The van der Waals surface area contributed by atoms with Crippen LogP contribution in [0.2, 0.25) is 0 Å². The van der Waals surface area contributed by atoms with E-state index in [0.29, 0.717) is 23.7 Å². The molecule has 0 fully saturated rings. The van der Waals surface area contributed by atoms with E-state index in [4.69, 9.17) is 5.11 Å². The molecule has 0 aliphatic heterocycles. The van der Waals surface area contributed by atoms with Crippen molar-refractivity contribution in [3.8, 4) is 0 Å². The van der Waals surface area contributed by atoms with E-state index in [1.165, 1.54) is 11.8 Å². The highest BCUT2D eigenvalue weighted by atomic mass is 79.9. The molecule has 0 radical (unpaired) electrons. The van der Waals surface area contributed by atoms with Crippen molar-refractivity contribution < 1.29 is 9.90 Å². The molecule has 0 bridgehead atoms. The second-order valence-electron chi connectivity index (χ2n) is 4.52. The lowest BCUT2D eigenvalue weighted by atomic mass is 10.2. The molecule has 0 aliphatic carbocycles. The number of aromatic nitrogens is 1. The number of halogens is 1. The summed E-state index contributed by atoms with van der Waals surface area (Å²) in [4.78, 5) is 19.5. The minimum absolute atomic E-state index is 0.0466. The zero-order valence-electron chi connectivity index (χ0n) is 12.2. The van der Waals surface area contributed by atoms with Crippen LogP contribution >= 0.6 is 27.7 Å². The number of carbonyl (C=O) groups is 1. The smallest absolute Gasteiger partial charge is 0.256 e. The predicted molar refractivity (Wildman–Crippen MR) is 91.2 cm³/mol. The van der Waals surface area contributed by atoms with Gasteiger partial charge in [0, 0.05) is 28.7 Å². The molecule has 116 valence electrons. The van der Waals surface area contributed by atoms with Crippen molar-refractivity contribution in [1.29, 1.82) is 0 Å². The van der Waals surface area contributed by atoms with E-state index < -0.39 is 0 Å². The van der Waals surface area contributed by atoms with Crippen molar-refractivity contribution in [2.45, 2.75) is 16.8 Å². The second kappa shape index (κ2) is 8.31. The van der Waals surface area contributed by atoms with Gasteiger partial charge in [-0.05, 0) is 43.3 Å². The Balaban J connectivity index is 2.26. The number of hydrogen-bond acceptors (Lipinski definition) is 4. The van der Waals surface area contributed by atoms with Gasteiger partial charge in [-0.15, -0.1) is 0 Å². The fraction of sp³-hybridized carbons (Fsp3) is 0.250. The van der Waals surface area contributed by atoms with Gasteiger partial charge in [-0.3, -0.25) is 4.79 Å². The first-order valence-corrected chi connectivity index (χ1v) is 8.55. The molecule has 1 aromatic heterocycles. The van der Waals surface area contributed by atoms with Gasteiger partial charge < -0.3 is 10.0 Å². The molecule has 1 aromatic carbocycles. The van der Waals surface area contributed by atoms with E-state index in [9.17, 15) is 4.79 Å². The summed E-state index contributed by atoms with van der Waals surface area (Å²) in [6, 6.07) is 11.4. The third-order valence-electron chi connectivity index (χ3n) is 3.07. The third-order valence-corrected chi connectivity index (χ3v) is 4.62. The van der Waals surface area contributed by atoms with Crippen molar-refractivity contribution in [2.24, 2.45) is 0 Å². The Morgan fingerprint density at radius 3 is 2.68 bits per heavy atom. The first kappa shape index (κ1) is 17.0. The van der Waals surface area contributed by atoms with Crippen LogP contribution in [0.25, 0.3) is 0 Å². The van der Waals surface area contributed by atoms with E-state index in [1.807, 2.05) is 31.2 Å². The Kier molecular flexibility index (Phi) is 6.42. The van der Waals surface area contributed by atoms with Crippen LogP contribution in [0.3, 0.4) is 0 Å². The number of carbonyl (C=O) groups excluding carboxylic acids is 1. The lowest BCUT2D eigenvalue weighted by molar-refractivity contribution is 0.0727. The van der Waals surface area contributed by atoms with Crippen LogP contribution in [-0.4, -0.2) is 40.6 Å². The van der Waals surface area contributed by atoms with Crippen LogP contribution in [0.1, 0.15) is 17.3 Å². The highest BCUT2D eigenvalue weighted by Gasteiger charge is 2.18. The Labute approximate surface area is 142 Å². The number of amides is 1. The average Bonchev–Trinajstić information content (AvgIpc) is 2.54. The largest absolute Gasteiger partial charge is 0.395 e. The molecule has 2 aromatic rings. The minimum Gasteiger partial charge on any atom is -0.395 e. The number of aliphatic hydroxyl groups excluding tert-OH is 1. The van der Waals surface area contributed by atoms with Crippen molar-refractivity contribution in [2.75, 3.05) is 19.7 Å². The Bertz CT molecular complexity index is 634. The first-order chi connectivity index (χ1) is 10.7.